The zero-order chi connectivity index (χ0) is 12.5. The summed E-state index contributed by atoms with van der Waals surface area (Å²) in [5, 5.41) is 3.84. The lowest BCUT2D eigenvalue weighted by atomic mass is 9.71. The minimum atomic E-state index is 0.498. The number of hydrogen-bond acceptors (Lipinski definition) is 1. The molecule has 0 saturated heterocycles. The molecular weight excluding hydrogens is 286 g/mol. The van der Waals surface area contributed by atoms with E-state index >= 15 is 0 Å². The molecule has 1 fully saturated rings. The highest BCUT2D eigenvalue weighted by molar-refractivity contribution is 9.10. The first-order valence-corrected chi connectivity index (χ1v) is 7.75. The molecule has 4 unspecified atom stereocenters. The summed E-state index contributed by atoms with van der Waals surface area (Å²) >= 11 is 3.50. The minimum absolute atomic E-state index is 0.498. The van der Waals surface area contributed by atoms with Crippen LogP contribution in [0.3, 0.4) is 0 Å². The summed E-state index contributed by atoms with van der Waals surface area (Å²) < 4.78 is 1.16. The third-order valence-electron chi connectivity index (χ3n) is 4.46. The van der Waals surface area contributed by atoms with E-state index in [-0.39, 0.29) is 0 Å². The van der Waals surface area contributed by atoms with E-state index in [2.05, 4.69) is 64.6 Å². The van der Waals surface area contributed by atoms with Crippen molar-refractivity contribution in [3.05, 3.63) is 46.5 Å². The predicted octanol–water partition coefficient (Wildman–Crippen LogP) is 4.45. The molecule has 2 aliphatic carbocycles. The highest BCUT2D eigenvalue weighted by Gasteiger charge is 2.41. The lowest BCUT2D eigenvalue weighted by Crippen LogP contribution is -2.49. The minimum Gasteiger partial charge on any atom is -0.307 e. The van der Waals surface area contributed by atoms with Gasteiger partial charge in [-0.3, -0.25) is 0 Å². The van der Waals surface area contributed by atoms with Gasteiger partial charge in [0.15, 0.2) is 0 Å². The number of nitrogens with one attached hydrogen (secondary N) is 1. The Balaban J connectivity index is 1.66. The molecule has 1 aromatic carbocycles. The van der Waals surface area contributed by atoms with Crippen LogP contribution in [-0.2, 0) is 0 Å². The summed E-state index contributed by atoms with van der Waals surface area (Å²) in [7, 11) is 0. The summed E-state index contributed by atoms with van der Waals surface area (Å²) in [5.41, 5.74) is 1.41. The topological polar surface area (TPSA) is 12.0 Å². The summed E-state index contributed by atoms with van der Waals surface area (Å²) in [6, 6.07) is 9.93. The van der Waals surface area contributed by atoms with Gasteiger partial charge in [-0.1, -0.05) is 47.1 Å². The van der Waals surface area contributed by atoms with E-state index in [1.54, 1.807) is 0 Å². The maximum atomic E-state index is 3.84. The van der Waals surface area contributed by atoms with E-state index in [0.717, 1.165) is 22.7 Å². The standard InChI is InChI=1S/C16H20BrN/c1-2-15(11-6-8-13(17)9-7-11)18-16-10-12-4-3-5-14(12)16/h3,5-9,12,14-16,18H,2,4,10H2,1H3. The first-order valence-electron chi connectivity index (χ1n) is 6.96. The van der Waals surface area contributed by atoms with Gasteiger partial charge in [0.2, 0.25) is 0 Å². The molecule has 0 bridgehead atoms. The summed E-state index contributed by atoms with van der Waals surface area (Å²) in [4.78, 5) is 0. The molecule has 0 aromatic heterocycles. The number of allylic oxidation sites excluding steroid dienone is 1. The molecule has 2 aliphatic rings. The first kappa shape index (κ1) is 12.4. The largest absolute Gasteiger partial charge is 0.307 e. The van der Waals surface area contributed by atoms with Crippen molar-refractivity contribution in [3.63, 3.8) is 0 Å². The van der Waals surface area contributed by atoms with Crippen LogP contribution in [0.15, 0.2) is 40.9 Å². The number of halogens is 1. The van der Waals surface area contributed by atoms with Crippen molar-refractivity contribution in [2.45, 2.75) is 38.3 Å². The Labute approximate surface area is 118 Å². The molecular formula is C16H20BrN. The van der Waals surface area contributed by atoms with E-state index in [1.807, 2.05) is 0 Å². The van der Waals surface area contributed by atoms with E-state index in [4.69, 9.17) is 0 Å². The van der Waals surface area contributed by atoms with Gasteiger partial charge in [-0.05, 0) is 48.8 Å². The zero-order valence-corrected chi connectivity index (χ0v) is 12.4. The Bertz CT molecular complexity index is 437. The second kappa shape index (κ2) is 5.18. The Hall–Kier alpha value is -0.600. The van der Waals surface area contributed by atoms with Gasteiger partial charge in [0.25, 0.3) is 0 Å². The van der Waals surface area contributed by atoms with Gasteiger partial charge in [0, 0.05) is 16.6 Å². The average molecular weight is 306 g/mol. The maximum absolute atomic E-state index is 3.84. The SMILES string of the molecule is CCC(NC1CC2CC=CC21)c1ccc(Br)cc1. The van der Waals surface area contributed by atoms with E-state index in [0.29, 0.717) is 12.1 Å². The molecule has 4 atom stereocenters. The second-order valence-corrected chi connectivity index (χ2v) is 6.44. The Morgan fingerprint density at radius 3 is 2.78 bits per heavy atom. The second-order valence-electron chi connectivity index (χ2n) is 5.52. The molecule has 0 aliphatic heterocycles. The smallest absolute Gasteiger partial charge is 0.0320 e. The molecule has 1 nitrogen and oxygen atoms in total. The monoisotopic (exact) mass is 305 g/mol. The van der Waals surface area contributed by atoms with Crippen LogP contribution in [0.2, 0.25) is 0 Å². The van der Waals surface area contributed by atoms with Crippen molar-refractivity contribution in [3.8, 4) is 0 Å². The fraction of sp³-hybridized carbons (Fsp3) is 0.500. The van der Waals surface area contributed by atoms with Crippen LogP contribution >= 0.6 is 15.9 Å². The van der Waals surface area contributed by atoms with Gasteiger partial charge in [-0.15, -0.1) is 0 Å². The Morgan fingerprint density at radius 2 is 2.11 bits per heavy atom. The highest BCUT2D eigenvalue weighted by Crippen LogP contribution is 2.43. The average Bonchev–Trinajstić information content (AvgIpc) is 2.74. The van der Waals surface area contributed by atoms with Gasteiger partial charge in [0.1, 0.15) is 0 Å². The van der Waals surface area contributed by atoms with Crippen LogP contribution in [-0.4, -0.2) is 6.04 Å². The van der Waals surface area contributed by atoms with E-state index in [1.165, 1.54) is 18.4 Å². The fourth-order valence-corrected chi connectivity index (χ4v) is 3.58. The Morgan fingerprint density at radius 1 is 1.33 bits per heavy atom. The molecule has 0 radical (unpaired) electrons. The van der Waals surface area contributed by atoms with Gasteiger partial charge in [0.05, 0.1) is 0 Å². The molecule has 18 heavy (non-hydrogen) atoms. The zero-order valence-electron chi connectivity index (χ0n) is 10.8. The molecule has 0 amide bonds. The molecule has 0 heterocycles. The molecule has 2 heteroatoms. The third-order valence-corrected chi connectivity index (χ3v) is 4.99. The number of benzene rings is 1. The lowest BCUT2D eigenvalue weighted by molar-refractivity contribution is 0.149. The summed E-state index contributed by atoms with van der Waals surface area (Å²) in [6.07, 6.45) is 8.58. The van der Waals surface area contributed by atoms with Crippen LogP contribution in [0, 0.1) is 11.8 Å². The van der Waals surface area contributed by atoms with Crippen LogP contribution in [0.25, 0.3) is 0 Å². The van der Waals surface area contributed by atoms with Crippen LogP contribution in [0.1, 0.15) is 37.8 Å². The van der Waals surface area contributed by atoms with Gasteiger partial charge in [-0.2, -0.15) is 0 Å². The highest BCUT2D eigenvalue weighted by atomic mass is 79.9. The van der Waals surface area contributed by atoms with Crippen LogP contribution in [0.4, 0.5) is 0 Å². The van der Waals surface area contributed by atoms with Gasteiger partial charge in [-0.25, -0.2) is 0 Å². The van der Waals surface area contributed by atoms with Gasteiger partial charge >= 0.3 is 0 Å². The summed E-state index contributed by atoms with van der Waals surface area (Å²) in [5.74, 6) is 1.74. The Kier molecular flexibility index (Phi) is 3.58. The quantitative estimate of drug-likeness (QED) is 0.810. The van der Waals surface area contributed by atoms with E-state index < -0.39 is 0 Å². The van der Waals surface area contributed by atoms with Gasteiger partial charge < -0.3 is 5.32 Å². The van der Waals surface area contributed by atoms with Crippen molar-refractivity contribution in [1.29, 1.82) is 0 Å². The van der Waals surface area contributed by atoms with Crippen molar-refractivity contribution in [2.75, 3.05) is 0 Å². The molecule has 1 aromatic rings. The third kappa shape index (κ3) is 2.28. The molecule has 1 saturated carbocycles. The normalized spacial score (nSPS) is 30.9. The summed E-state index contributed by atoms with van der Waals surface area (Å²) in [6.45, 7) is 2.26. The fourth-order valence-electron chi connectivity index (χ4n) is 3.31. The molecule has 1 N–H and O–H groups in total. The number of hydrogen-bond donors (Lipinski definition) is 1. The van der Waals surface area contributed by atoms with Crippen LogP contribution in [0.5, 0.6) is 0 Å². The van der Waals surface area contributed by atoms with Crippen molar-refractivity contribution >= 4 is 15.9 Å². The maximum Gasteiger partial charge on any atom is 0.0320 e. The number of fused-ring (bicyclic) bond motifs is 1. The van der Waals surface area contributed by atoms with Crippen LogP contribution < -0.4 is 5.32 Å². The lowest BCUT2D eigenvalue weighted by Gasteiger charge is -2.42. The van der Waals surface area contributed by atoms with Crippen molar-refractivity contribution < 1.29 is 0 Å². The predicted molar refractivity (Wildman–Crippen MR) is 79.5 cm³/mol. The van der Waals surface area contributed by atoms with E-state index in [9.17, 15) is 0 Å². The molecule has 3 rings (SSSR count). The first-order chi connectivity index (χ1) is 8.78. The molecule has 0 spiro atoms. The molecule has 96 valence electrons. The van der Waals surface area contributed by atoms with Crippen molar-refractivity contribution in [2.24, 2.45) is 11.8 Å². The number of rotatable bonds is 4. The van der Waals surface area contributed by atoms with Crippen molar-refractivity contribution in [1.82, 2.24) is 5.32 Å².